The summed E-state index contributed by atoms with van der Waals surface area (Å²) in [5.74, 6) is 0.135. The fraction of sp³-hybridized carbons (Fsp3) is 0.421. The molecule has 2 atom stereocenters. The molecule has 130 valence electrons. The summed E-state index contributed by atoms with van der Waals surface area (Å²) in [6.45, 7) is 3.46. The van der Waals surface area contributed by atoms with Gasteiger partial charge in [-0.15, -0.1) is 0 Å². The van der Waals surface area contributed by atoms with Crippen LogP contribution in [0, 0.1) is 12.3 Å². The summed E-state index contributed by atoms with van der Waals surface area (Å²) in [6, 6.07) is 10.1. The molecule has 1 spiro atoms. The van der Waals surface area contributed by atoms with Gasteiger partial charge < -0.3 is 14.3 Å². The number of aromatic nitrogens is 1. The van der Waals surface area contributed by atoms with Gasteiger partial charge in [-0.3, -0.25) is 9.59 Å². The zero-order chi connectivity index (χ0) is 17.6. The predicted molar refractivity (Wildman–Crippen MR) is 91.0 cm³/mol. The molecule has 0 aliphatic carbocycles. The van der Waals surface area contributed by atoms with Crippen molar-refractivity contribution in [2.45, 2.75) is 19.3 Å². The molecular formula is C19H21N3O3. The molecule has 0 N–H and O–H groups in total. The molecule has 2 fully saturated rings. The lowest BCUT2D eigenvalue weighted by Crippen LogP contribution is -2.39. The van der Waals surface area contributed by atoms with Gasteiger partial charge in [0, 0.05) is 32.6 Å². The van der Waals surface area contributed by atoms with Gasteiger partial charge in [-0.2, -0.15) is 0 Å². The third-order valence-electron chi connectivity index (χ3n) is 5.67. The summed E-state index contributed by atoms with van der Waals surface area (Å²) in [5.41, 5.74) is 1.69. The largest absolute Gasteiger partial charge is 0.364 e. The Bertz CT molecular complexity index is 816. The average molecular weight is 339 g/mol. The highest BCUT2D eigenvalue weighted by atomic mass is 16.5. The first-order valence-electron chi connectivity index (χ1n) is 8.54. The van der Waals surface area contributed by atoms with Gasteiger partial charge in [-0.1, -0.05) is 35.5 Å². The molecule has 0 bridgehead atoms. The molecular weight excluding hydrogens is 318 g/mol. The molecule has 3 heterocycles. The minimum Gasteiger partial charge on any atom is -0.364 e. The van der Waals surface area contributed by atoms with Crippen molar-refractivity contribution >= 4 is 11.8 Å². The molecule has 2 aliphatic heterocycles. The van der Waals surface area contributed by atoms with Crippen molar-refractivity contribution in [1.82, 2.24) is 15.0 Å². The number of likely N-dealkylation sites (tertiary alicyclic amines) is 2. The van der Waals surface area contributed by atoms with Crippen molar-refractivity contribution in [3.8, 4) is 0 Å². The summed E-state index contributed by atoms with van der Waals surface area (Å²) < 4.78 is 4.90. The van der Waals surface area contributed by atoms with Crippen LogP contribution in [-0.2, 0) is 4.79 Å². The van der Waals surface area contributed by atoms with Crippen molar-refractivity contribution in [2.24, 2.45) is 5.41 Å². The van der Waals surface area contributed by atoms with Crippen LogP contribution in [0.1, 0.15) is 34.0 Å². The Morgan fingerprint density at radius 2 is 2.08 bits per heavy atom. The average Bonchev–Trinajstić information content (AvgIpc) is 3.31. The second-order valence-electron chi connectivity index (χ2n) is 7.10. The lowest BCUT2D eigenvalue weighted by molar-refractivity contribution is -0.134. The van der Waals surface area contributed by atoms with E-state index in [2.05, 4.69) is 17.3 Å². The molecule has 4 rings (SSSR count). The number of aryl methyl sites for hydroxylation is 1. The van der Waals surface area contributed by atoms with Crippen LogP contribution in [0.25, 0.3) is 0 Å². The van der Waals surface area contributed by atoms with Crippen molar-refractivity contribution in [3.05, 3.63) is 53.4 Å². The monoisotopic (exact) mass is 339 g/mol. The van der Waals surface area contributed by atoms with E-state index in [1.165, 1.54) is 6.26 Å². The summed E-state index contributed by atoms with van der Waals surface area (Å²) in [5, 5.41) is 3.79. The quantitative estimate of drug-likeness (QED) is 0.840. The maximum absolute atomic E-state index is 13.0. The summed E-state index contributed by atoms with van der Waals surface area (Å²) in [4.78, 5) is 29.4. The van der Waals surface area contributed by atoms with E-state index in [1.807, 2.05) is 25.2 Å². The van der Waals surface area contributed by atoms with Gasteiger partial charge in [-0.25, -0.2) is 0 Å². The molecule has 1 aromatic carbocycles. The zero-order valence-electron chi connectivity index (χ0n) is 14.4. The highest BCUT2D eigenvalue weighted by molar-refractivity contribution is 5.96. The lowest BCUT2D eigenvalue weighted by Gasteiger charge is -2.28. The van der Waals surface area contributed by atoms with Crippen LogP contribution in [0.15, 0.2) is 41.1 Å². The lowest BCUT2D eigenvalue weighted by atomic mass is 9.73. The molecule has 6 heteroatoms. The van der Waals surface area contributed by atoms with E-state index in [-0.39, 0.29) is 17.7 Å². The summed E-state index contributed by atoms with van der Waals surface area (Å²) in [7, 11) is 1.85. The number of likely N-dealkylation sites (N-methyl/N-ethyl adjacent to an activating group) is 1. The first-order valence-corrected chi connectivity index (χ1v) is 8.54. The minimum atomic E-state index is -0.531. The van der Waals surface area contributed by atoms with Crippen molar-refractivity contribution in [2.75, 3.05) is 26.7 Å². The third kappa shape index (κ3) is 2.35. The standard InChI is InChI=1S/C19H21N3O3/c1-13-15(11-25-20-13)17(23)22-9-8-19(12-22)16(10-21(2)18(19)24)14-6-4-3-5-7-14/h3-7,11,16H,8-10,12H2,1-2H3/t16-,19+/m1/s1. The Balaban J connectivity index is 1.65. The third-order valence-corrected chi connectivity index (χ3v) is 5.67. The van der Waals surface area contributed by atoms with E-state index in [0.29, 0.717) is 37.3 Å². The number of hydrogen-bond acceptors (Lipinski definition) is 4. The van der Waals surface area contributed by atoms with Crippen LogP contribution in [0.5, 0.6) is 0 Å². The van der Waals surface area contributed by atoms with Crippen LogP contribution in [0.3, 0.4) is 0 Å². The number of carbonyl (C=O) groups is 2. The van der Waals surface area contributed by atoms with Crippen molar-refractivity contribution in [1.29, 1.82) is 0 Å². The van der Waals surface area contributed by atoms with Gasteiger partial charge in [0.05, 0.1) is 11.1 Å². The summed E-state index contributed by atoms with van der Waals surface area (Å²) >= 11 is 0. The first-order chi connectivity index (χ1) is 12.0. The Kier molecular flexibility index (Phi) is 3.63. The minimum absolute atomic E-state index is 0.104. The SMILES string of the molecule is Cc1nocc1C(=O)N1CC[C@@]2(C1)C(=O)N(C)C[C@@H]2c1ccccc1. The van der Waals surface area contributed by atoms with Crippen LogP contribution in [-0.4, -0.2) is 53.5 Å². The van der Waals surface area contributed by atoms with Crippen LogP contribution in [0.4, 0.5) is 0 Å². The number of nitrogens with zero attached hydrogens (tertiary/aromatic N) is 3. The molecule has 2 aromatic rings. The topological polar surface area (TPSA) is 66.7 Å². The van der Waals surface area contributed by atoms with E-state index in [4.69, 9.17) is 4.52 Å². The van der Waals surface area contributed by atoms with Gasteiger partial charge in [0.25, 0.3) is 5.91 Å². The Labute approximate surface area is 146 Å². The number of hydrogen-bond donors (Lipinski definition) is 0. The number of benzene rings is 1. The molecule has 0 radical (unpaired) electrons. The maximum Gasteiger partial charge on any atom is 0.259 e. The molecule has 2 amide bonds. The Morgan fingerprint density at radius 3 is 2.76 bits per heavy atom. The first kappa shape index (κ1) is 15.9. The van der Waals surface area contributed by atoms with E-state index in [1.54, 1.807) is 16.7 Å². The van der Waals surface area contributed by atoms with Gasteiger partial charge in [0.15, 0.2) is 0 Å². The normalized spacial score (nSPS) is 26.0. The second kappa shape index (κ2) is 5.72. The molecule has 0 saturated carbocycles. The number of rotatable bonds is 2. The fourth-order valence-electron chi connectivity index (χ4n) is 4.30. The van der Waals surface area contributed by atoms with Crippen LogP contribution >= 0.6 is 0 Å². The van der Waals surface area contributed by atoms with Gasteiger partial charge in [0.1, 0.15) is 11.8 Å². The van der Waals surface area contributed by atoms with E-state index < -0.39 is 5.41 Å². The van der Waals surface area contributed by atoms with Crippen LogP contribution < -0.4 is 0 Å². The highest BCUT2D eigenvalue weighted by Gasteiger charge is 2.57. The van der Waals surface area contributed by atoms with Crippen molar-refractivity contribution < 1.29 is 14.1 Å². The summed E-state index contributed by atoms with van der Waals surface area (Å²) in [6.07, 6.45) is 2.08. The second-order valence-corrected chi connectivity index (χ2v) is 7.10. The highest BCUT2D eigenvalue weighted by Crippen LogP contribution is 2.49. The van der Waals surface area contributed by atoms with Crippen molar-refractivity contribution in [3.63, 3.8) is 0 Å². The molecule has 1 aromatic heterocycles. The van der Waals surface area contributed by atoms with Gasteiger partial charge in [-0.05, 0) is 18.9 Å². The maximum atomic E-state index is 13.0. The molecule has 2 saturated heterocycles. The van der Waals surface area contributed by atoms with E-state index in [0.717, 1.165) is 5.56 Å². The molecule has 0 unspecified atom stereocenters. The molecule has 25 heavy (non-hydrogen) atoms. The smallest absolute Gasteiger partial charge is 0.259 e. The fourth-order valence-corrected chi connectivity index (χ4v) is 4.30. The van der Waals surface area contributed by atoms with Gasteiger partial charge in [0.2, 0.25) is 5.91 Å². The Morgan fingerprint density at radius 1 is 1.32 bits per heavy atom. The van der Waals surface area contributed by atoms with Crippen LogP contribution in [0.2, 0.25) is 0 Å². The predicted octanol–water partition coefficient (Wildman–Crippen LogP) is 2.07. The molecule has 2 aliphatic rings. The number of amides is 2. The Hall–Kier alpha value is -2.63. The van der Waals surface area contributed by atoms with Gasteiger partial charge >= 0.3 is 0 Å². The molecule has 6 nitrogen and oxygen atoms in total. The number of carbonyl (C=O) groups excluding carboxylic acids is 2. The van der Waals surface area contributed by atoms with E-state index >= 15 is 0 Å². The van der Waals surface area contributed by atoms with E-state index in [9.17, 15) is 9.59 Å². The zero-order valence-corrected chi connectivity index (χ0v) is 14.4.